The van der Waals surface area contributed by atoms with Crippen LogP contribution < -0.4 is 0 Å². The highest BCUT2D eigenvalue weighted by Gasteiger charge is 2.33. The molecule has 0 aromatic rings. The molecule has 0 aliphatic heterocycles. The fourth-order valence-corrected chi connectivity index (χ4v) is 2.22. The summed E-state index contributed by atoms with van der Waals surface area (Å²) in [6, 6.07) is 0. The van der Waals surface area contributed by atoms with Gasteiger partial charge in [-0.3, -0.25) is 0 Å². The van der Waals surface area contributed by atoms with Crippen molar-refractivity contribution in [3.63, 3.8) is 0 Å². The maximum atomic E-state index is 9.82. The summed E-state index contributed by atoms with van der Waals surface area (Å²) in [5, 5.41) is 38.2. The molecule has 0 unspecified atom stereocenters. The van der Waals surface area contributed by atoms with Crippen LogP contribution >= 0.6 is 0 Å². The number of hydrogen-bond acceptors (Lipinski definition) is 4. The summed E-state index contributed by atoms with van der Waals surface area (Å²) in [6.45, 7) is 1.80. The van der Waals surface area contributed by atoms with Crippen LogP contribution in [0.25, 0.3) is 0 Å². The average molecular weight is 230 g/mol. The molecule has 4 nitrogen and oxygen atoms in total. The SMILES string of the molecule is CCCCCC1=C(CO)[C@@H](O)[C@H](O)C[C@@H]1O. The smallest absolute Gasteiger partial charge is 0.104 e. The van der Waals surface area contributed by atoms with E-state index in [1.165, 1.54) is 0 Å². The maximum absolute atomic E-state index is 9.82. The van der Waals surface area contributed by atoms with Gasteiger partial charge in [0.05, 0.1) is 18.8 Å². The second-order valence-electron chi connectivity index (χ2n) is 4.43. The molecule has 0 aromatic heterocycles. The van der Waals surface area contributed by atoms with E-state index in [1.807, 2.05) is 0 Å². The average Bonchev–Trinajstić information content (AvgIpc) is 2.26. The highest BCUT2D eigenvalue weighted by Crippen LogP contribution is 2.29. The Hall–Kier alpha value is -0.420. The zero-order valence-electron chi connectivity index (χ0n) is 9.76. The number of hydrogen-bond donors (Lipinski definition) is 4. The van der Waals surface area contributed by atoms with Crippen molar-refractivity contribution in [2.45, 2.75) is 57.3 Å². The van der Waals surface area contributed by atoms with Crippen molar-refractivity contribution in [3.8, 4) is 0 Å². The second kappa shape index (κ2) is 6.35. The zero-order chi connectivity index (χ0) is 12.1. The lowest BCUT2D eigenvalue weighted by Crippen LogP contribution is -2.39. The molecular formula is C12H22O4. The van der Waals surface area contributed by atoms with Gasteiger partial charge in [-0.1, -0.05) is 19.8 Å². The van der Waals surface area contributed by atoms with Crippen molar-refractivity contribution in [1.82, 2.24) is 0 Å². The first-order valence-corrected chi connectivity index (χ1v) is 5.98. The van der Waals surface area contributed by atoms with Gasteiger partial charge in [-0.2, -0.15) is 0 Å². The first kappa shape index (κ1) is 13.6. The lowest BCUT2D eigenvalue weighted by molar-refractivity contribution is -0.00759. The van der Waals surface area contributed by atoms with Crippen LogP contribution in [0.15, 0.2) is 11.1 Å². The number of aliphatic hydroxyl groups is 4. The van der Waals surface area contributed by atoms with E-state index in [0.29, 0.717) is 17.6 Å². The van der Waals surface area contributed by atoms with Gasteiger partial charge in [-0.25, -0.2) is 0 Å². The molecule has 0 radical (unpaired) electrons. The molecule has 16 heavy (non-hydrogen) atoms. The van der Waals surface area contributed by atoms with Crippen molar-refractivity contribution >= 4 is 0 Å². The molecule has 3 atom stereocenters. The van der Waals surface area contributed by atoms with Crippen molar-refractivity contribution in [3.05, 3.63) is 11.1 Å². The Morgan fingerprint density at radius 2 is 1.81 bits per heavy atom. The van der Waals surface area contributed by atoms with Crippen LogP contribution in [0.5, 0.6) is 0 Å². The maximum Gasteiger partial charge on any atom is 0.104 e. The Morgan fingerprint density at radius 3 is 2.38 bits per heavy atom. The minimum atomic E-state index is -1.02. The number of rotatable bonds is 5. The molecule has 0 bridgehead atoms. The third-order valence-corrected chi connectivity index (χ3v) is 3.22. The van der Waals surface area contributed by atoms with Crippen LogP contribution in [-0.2, 0) is 0 Å². The summed E-state index contributed by atoms with van der Waals surface area (Å²) in [6.07, 6.45) is 1.22. The molecule has 94 valence electrons. The van der Waals surface area contributed by atoms with Crippen LogP contribution in [0.2, 0.25) is 0 Å². The molecule has 0 amide bonds. The molecule has 0 saturated heterocycles. The minimum Gasteiger partial charge on any atom is -0.392 e. The van der Waals surface area contributed by atoms with Crippen LogP contribution in [0.3, 0.4) is 0 Å². The van der Waals surface area contributed by atoms with E-state index in [2.05, 4.69) is 6.92 Å². The van der Waals surface area contributed by atoms with E-state index in [-0.39, 0.29) is 13.0 Å². The quantitative estimate of drug-likeness (QED) is 0.405. The van der Waals surface area contributed by atoms with Gasteiger partial charge in [0.2, 0.25) is 0 Å². The Morgan fingerprint density at radius 1 is 1.12 bits per heavy atom. The topological polar surface area (TPSA) is 80.9 Å². The van der Waals surface area contributed by atoms with E-state index >= 15 is 0 Å². The highest BCUT2D eigenvalue weighted by atomic mass is 16.3. The summed E-state index contributed by atoms with van der Waals surface area (Å²) in [7, 11) is 0. The molecule has 0 fully saturated rings. The van der Waals surface area contributed by atoms with Crippen molar-refractivity contribution < 1.29 is 20.4 Å². The normalized spacial score (nSPS) is 30.9. The van der Waals surface area contributed by atoms with Crippen LogP contribution in [0, 0.1) is 0 Å². The van der Waals surface area contributed by atoms with Gasteiger partial charge in [-0.05, 0) is 24.0 Å². The third-order valence-electron chi connectivity index (χ3n) is 3.22. The molecule has 0 heterocycles. The fourth-order valence-electron chi connectivity index (χ4n) is 2.22. The fraction of sp³-hybridized carbons (Fsp3) is 0.833. The van der Waals surface area contributed by atoms with E-state index in [1.54, 1.807) is 0 Å². The molecule has 1 rings (SSSR count). The number of aliphatic hydroxyl groups excluding tert-OH is 4. The lowest BCUT2D eigenvalue weighted by atomic mass is 9.83. The first-order chi connectivity index (χ1) is 7.61. The Balaban J connectivity index is 2.76. The summed E-state index contributed by atoms with van der Waals surface area (Å²) in [4.78, 5) is 0. The van der Waals surface area contributed by atoms with Crippen molar-refractivity contribution in [2.24, 2.45) is 0 Å². The summed E-state index contributed by atoms with van der Waals surface area (Å²) >= 11 is 0. The van der Waals surface area contributed by atoms with E-state index in [9.17, 15) is 20.4 Å². The van der Waals surface area contributed by atoms with Crippen molar-refractivity contribution in [1.29, 1.82) is 0 Å². The van der Waals surface area contributed by atoms with Gasteiger partial charge in [0.15, 0.2) is 0 Å². The first-order valence-electron chi connectivity index (χ1n) is 5.98. The van der Waals surface area contributed by atoms with Gasteiger partial charge < -0.3 is 20.4 Å². The minimum absolute atomic E-state index is 0.159. The number of unbranched alkanes of at least 4 members (excludes halogenated alkanes) is 2. The highest BCUT2D eigenvalue weighted by molar-refractivity contribution is 5.27. The van der Waals surface area contributed by atoms with E-state index in [4.69, 9.17) is 0 Å². The zero-order valence-corrected chi connectivity index (χ0v) is 9.76. The molecule has 4 N–H and O–H groups in total. The largest absolute Gasteiger partial charge is 0.392 e. The molecule has 1 aliphatic carbocycles. The summed E-state index contributed by atoms with van der Waals surface area (Å²) < 4.78 is 0. The summed E-state index contributed by atoms with van der Waals surface area (Å²) in [5.74, 6) is 0. The predicted octanol–water partition coefficient (Wildman–Crippen LogP) is 0.342. The molecule has 0 aromatic carbocycles. The molecule has 0 spiro atoms. The van der Waals surface area contributed by atoms with Crippen LogP contribution in [0.4, 0.5) is 0 Å². The van der Waals surface area contributed by atoms with E-state index < -0.39 is 18.3 Å². The van der Waals surface area contributed by atoms with E-state index in [0.717, 1.165) is 19.3 Å². The van der Waals surface area contributed by atoms with Gasteiger partial charge in [0, 0.05) is 6.42 Å². The van der Waals surface area contributed by atoms with Crippen LogP contribution in [-0.4, -0.2) is 45.3 Å². The Kier molecular flexibility index (Phi) is 5.41. The molecular weight excluding hydrogens is 208 g/mol. The van der Waals surface area contributed by atoms with Gasteiger partial charge in [-0.15, -0.1) is 0 Å². The van der Waals surface area contributed by atoms with Gasteiger partial charge in [0.25, 0.3) is 0 Å². The molecule has 1 aliphatic rings. The second-order valence-corrected chi connectivity index (χ2v) is 4.43. The van der Waals surface area contributed by atoms with Crippen LogP contribution in [0.1, 0.15) is 39.0 Å². The molecule has 4 heteroatoms. The van der Waals surface area contributed by atoms with Gasteiger partial charge in [0.1, 0.15) is 6.10 Å². The van der Waals surface area contributed by atoms with Gasteiger partial charge >= 0.3 is 0 Å². The predicted molar refractivity (Wildman–Crippen MR) is 60.9 cm³/mol. The Bertz CT molecular complexity index is 249. The Labute approximate surface area is 96.2 Å². The summed E-state index contributed by atoms with van der Waals surface area (Å²) in [5.41, 5.74) is 1.12. The third kappa shape index (κ3) is 3.04. The standard InChI is InChI=1S/C12H22O4/c1-2-3-4-5-8-9(7-13)12(16)11(15)6-10(8)14/h10-16H,2-7H2,1H3/t10-,11+,12+/m0/s1. The molecule has 0 saturated carbocycles. The van der Waals surface area contributed by atoms with Crippen molar-refractivity contribution in [2.75, 3.05) is 6.61 Å². The lowest BCUT2D eigenvalue weighted by Gasteiger charge is -2.32. The monoisotopic (exact) mass is 230 g/mol.